The topological polar surface area (TPSA) is 81.0 Å². The third kappa shape index (κ3) is 3.81. The predicted molar refractivity (Wildman–Crippen MR) is 127 cm³/mol. The molecule has 3 heterocycles. The molecule has 0 saturated carbocycles. The minimum Gasteiger partial charge on any atom is -0.273 e. The number of imide groups is 1. The van der Waals surface area contributed by atoms with Crippen LogP contribution in [0.1, 0.15) is 26.3 Å². The zero-order valence-corrected chi connectivity index (χ0v) is 19.2. The number of benzene rings is 2. The summed E-state index contributed by atoms with van der Waals surface area (Å²) < 4.78 is 1.95. The lowest BCUT2D eigenvalue weighted by Gasteiger charge is -2.15. The number of carbonyl (C=O) groups is 2. The van der Waals surface area contributed by atoms with Gasteiger partial charge in [-0.3, -0.25) is 24.0 Å². The summed E-state index contributed by atoms with van der Waals surface area (Å²) in [6.07, 6.45) is 3.41. The highest BCUT2D eigenvalue weighted by Crippen LogP contribution is 2.32. The molecule has 7 nitrogen and oxygen atoms in total. The summed E-state index contributed by atoms with van der Waals surface area (Å²) in [6, 6.07) is 16.3. The molecule has 0 N–H and O–H groups in total. The van der Waals surface area contributed by atoms with E-state index in [4.69, 9.17) is 11.6 Å². The second kappa shape index (κ2) is 8.80. The fourth-order valence-corrected chi connectivity index (χ4v) is 4.82. The van der Waals surface area contributed by atoms with E-state index in [1.807, 2.05) is 41.8 Å². The van der Waals surface area contributed by atoms with Gasteiger partial charge in [-0.2, -0.15) is 0 Å². The summed E-state index contributed by atoms with van der Waals surface area (Å²) in [7, 11) is 0. The standard InChI is InChI=1S/C24H18ClN5O2S/c1-15-19(25)7-4-8-20(15)30-21(16-9-11-26-12-10-16)27-28-24(30)33-14-13-29-22(31)17-5-2-3-6-18(17)23(29)32/h2-12H,13-14H2,1H3. The second-order valence-corrected chi connectivity index (χ2v) is 8.89. The van der Waals surface area contributed by atoms with Crippen molar-refractivity contribution in [2.45, 2.75) is 12.1 Å². The number of pyridine rings is 1. The summed E-state index contributed by atoms with van der Waals surface area (Å²) in [5.41, 5.74) is 3.53. The molecule has 4 aromatic rings. The number of amides is 2. The van der Waals surface area contributed by atoms with Crippen LogP contribution in [0.3, 0.4) is 0 Å². The normalized spacial score (nSPS) is 13.0. The van der Waals surface area contributed by atoms with Gasteiger partial charge >= 0.3 is 0 Å². The van der Waals surface area contributed by atoms with Gasteiger partial charge in [-0.05, 0) is 48.9 Å². The second-order valence-electron chi connectivity index (χ2n) is 7.42. The van der Waals surface area contributed by atoms with Crippen LogP contribution in [-0.2, 0) is 0 Å². The van der Waals surface area contributed by atoms with Gasteiger partial charge in [0, 0.05) is 35.3 Å². The maximum atomic E-state index is 12.7. The first kappa shape index (κ1) is 21.4. The Morgan fingerprint density at radius 2 is 1.61 bits per heavy atom. The molecule has 0 aliphatic carbocycles. The van der Waals surface area contributed by atoms with Crippen LogP contribution in [0.2, 0.25) is 5.02 Å². The largest absolute Gasteiger partial charge is 0.273 e. The molecular weight excluding hydrogens is 458 g/mol. The Kier molecular flexibility index (Phi) is 5.70. The van der Waals surface area contributed by atoms with Gasteiger partial charge in [0.05, 0.1) is 16.8 Å². The summed E-state index contributed by atoms with van der Waals surface area (Å²) in [4.78, 5) is 30.7. The molecule has 2 aromatic heterocycles. The van der Waals surface area contributed by atoms with E-state index >= 15 is 0 Å². The van der Waals surface area contributed by atoms with E-state index in [1.54, 1.807) is 36.7 Å². The van der Waals surface area contributed by atoms with E-state index in [0.29, 0.717) is 32.9 Å². The van der Waals surface area contributed by atoms with Crippen molar-refractivity contribution in [3.8, 4) is 17.1 Å². The van der Waals surface area contributed by atoms with Crippen molar-refractivity contribution in [1.82, 2.24) is 24.6 Å². The first-order chi connectivity index (χ1) is 16.1. The lowest BCUT2D eigenvalue weighted by molar-refractivity contribution is 0.0664. The van der Waals surface area contributed by atoms with Gasteiger partial charge in [-0.25, -0.2) is 0 Å². The maximum Gasteiger partial charge on any atom is 0.261 e. The molecule has 0 bridgehead atoms. The van der Waals surface area contributed by atoms with Crippen LogP contribution in [-0.4, -0.2) is 48.8 Å². The van der Waals surface area contributed by atoms with Gasteiger partial charge in [0.2, 0.25) is 0 Å². The van der Waals surface area contributed by atoms with E-state index in [2.05, 4.69) is 15.2 Å². The van der Waals surface area contributed by atoms with E-state index < -0.39 is 0 Å². The number of rotatable bonds is 6. The van der Waals surface area contributed by atoms with E-state index in [9.17, 15) is 9.59 Å². The fourth-order valence-electron chi connectivity index (χ4n) is 3.78. The van der Waals surface area contributed by atoms with Gasteiger partial charge in [-0.15, -0.1) is 10.2 Å². The van der Waals surface area contributed by atoms with Crippen molar-refractivity contribution in [3.05, 3.63) is 88.7 Å². The molecule has 0 spiro atoms. The first-order valence-corrected chi connectivity index (χ1v) is 11.6. The number of aromatic nitrogens is 4. The monoisotopic (exact) mass is 475 g/mol. The quantitative estimate of drug-likeness (QED) is 0.297. The van der Waals surface area contributed by atoms with E-state index in [1.165, 1.54) is 16.7 Å². The molecular formula is C24H18ClN5O2S. The molecule has 5 rings (SSSR count). The SMILES string of the molecule is Cc1c(Cl)cccc1-n1c(SCCN2C(=O)c3ccccc3C2=O)nnc1-c1ccncc1. The third-order valence-corrected chi connectivity index (χ3v) is 6.79. The van der Waals surface area contributed by atoms with E-state index in [0.717, 1.165) is 16.8 Å². The average molecular weight is 476 g/mol. The number of fused-ring (bicyclic) bond motifs is 1. The Hall–Kier alpha value is -3.49. The van der Waals surface area contributed by atoms with Crippen molar-refractivity contribution in [3.63, 3.8) is 0 Å². The van der Waals surface area contributed by atoms with Crippen LogP contribution in [0.25, 0.3) is 17.1 Å². The summed E-state index contributed by atoms with van der Waals surface area (Å²) in [5, 5.41) is 10.1. The van der Waals surface area contributed by atoms with Gasteiger partial charge in [0.1, 0.15) is 0 Å². The number of thioether (sulfide) groups is 1. The molecule has 0 atom stereocenters. The van der Waals surface area contributed by atoms with Crippen LogP contribution >= 0.6 is 23.4 Å². The maximum absolute atomic E-state index is 12.7. The Morgan fingerprint density at radius 1 is 0.909 bits per heavy atom. The molecule has 1 aliphatic heterocycles. The third-order valence-electron chi connectivity index (χ3n) is 5.48. The molecule has 9 heteroatoms. The predicted octanol–water partition coefficient (Wildman–Crippen LogP) is 4.68. The van der Waals surface area contributed by atoms with Crippen molar-refractivity contribution in [1.29, 1.82) is 0 Å². The van der Waals surface area contributed by atoms with Crippen molar-refractivity contribution >= 4 is 35.2 Å². The van der Waals surface area contributed by atoms with Crippen LogP contribution in [0.15, 0.2) is 72.1 Å². The van der Waals surface area contributed by atoms with Crippen LogP contribution in [0.5, 0.6) is 0 Å². The average Bonchev–Trinajstić information content (AvgIpc) is 3.36. The summed E-state index contributed by atoms with van der Waals surface area (Å²) in [6.45, 7) is 2.21. The number of hydrogen-bond acceptors (Lipinski definition) is 6. The zero-order valence-electron chi connectivity index (χ0n) is 17.6. The van der Waals surface area contributed by atoms with Gasteiger partial charge in [0.25, 0.3) is 11.8 Å². The Balaban J connectivity index is 1.44. The lowest BCUT2D eigenvalue weighted by atomic mass is 10.1. The first-order valence-electron chi connectivity index (χ1n) is 10.3. The molecule has 33 heavy (non-hydrogen) atoms. The smallest absolute Gasteiger partial charge is 0.261 e. The van der Waals surface area contributed by atoms with E-state index in [-0.39, 0.29) is 18.4 Å². The van der Waals surface area contributed by atoms with Crippen LogP contribution in [0, 0.1) is 6.92 Å². The summed E-state index contributed by atoms with van der Waals surface area (Å²) >= 11 is 7.82. The van der Waals surface area contributed by atoms with Crippen LogP contribution < -0.4 is 0 Å². The van der Waals surface area contributed by atoms with Gasteiger partial charge in [-0.1, -0.05) is 41.6 Å². The highest BCUT2D eigenvalue weighted by molar-refractivity contribution is 7.99. The highest BCUT2D eigenvalue weighted by Gasteiger charge is 2.34. The molecule has 0 saturated heterocycles. The molecule has 2 aromatic carbocycles. The number of nitrogens with zero attached hydrogens (tertiary/aromatic N) is 5. The van der Waals surface area contributed by atoms with Crippen molar-refractivity contribution in [2.24, 2.45) is 0 Å². The molecule has 0 radical (unpaired) electrons. The highest BCUT2D eigenvalue weighted by atomic mass is 35.5. The Labute approximate surface area is 199 Å². The zero-order chi connectivity index (χ0) is 22.9. The molecule has 2 amide bonds. The molecule has 0 unspecified atom stereocenters. The number of hydrogen-bond donors (Lipinski definition) is 0. The summed E-state index contributed by atoms with van der Waals surface area (Å²) in [5.74, 6) is 0.604. The Morgan fingerprint density at radius 3 is 2.30 bits per heavy atom. The molecule has 1 aliphatic rings. The minimum atomic E-state index is -0.263. The molecule has 0 fully saturated rings. The van der Waals surface area contributed by atoms with Crippen molar-refractivity contribution in [2.75, 3.05) is 12.3 Å². The fraction of sp³-hybridized carbons (Fsp3) is 0.125. The molecule has 164 valence electrons. The van der Waals surface area contributed by atoms with Crippen LogP contribution in [0.4, 0.5) is 0 Å². The minimum absolute atomic E-state index is 0.263. The number of halogens is 1. The van der Waals surface area contributed by atoms with Crippen molar-refractivity contribution < 1.29 is 9.59 Å². The lowest BCUT2D eigenvalue weighted by Crippen LogP contribution is -2.31. The number of carbonyl (C=O) groups excluding carboxylic acids is 2. The Bertz CT molecular complexity index is 1340. The van der Waals surface area contributed by atoms with Gasteiger partial charge in [0.15, 0.2) is 11.0 Å². The van der Waals surface area contributed by atoms with Gasteiger partial charge < -0.3 is 0 Å².